The molecule has 2 aromatic rings. The Hall–Kier alpha value is -2.29. The Balaban J connectivity index is 1.44. The Morgan fingerprint density at radius 3 is 2.35 bits per heavy atom. The van der Waals surface area contributed by atoms with E-state index in [1.165, 1.54) is 32.1 Å². The first-order valence-electron chi connectivity index (χ1n) is 9.76. The largest absolute Gasteiger partial charge is 0.489 e. The molecule has 26 heavy (non-hydrogen) atoms. The fourth-order valence-corrected chi connectivity index (χ4v) is 3.64. The number of para-hydroxylation sites is 1. The Labute approximate surface area is 156 Å². The van der Waals surface area contributed by atoms with E-state index in [0.29, 0.717) is 19.1 Å². The zero-order chi connectivity index (χ0) is 18.2. The number of amides is 1. The Bertz CT molecular complexity index is 675. The molecule has 0 bridgehead atoms. The fourth-order valence-electron chi connectivity index (χ4n) is 3.64. The van der Waals surface area contributed by atoms with Gasteiger partial charge in [0.25, 0.3) is 0 Å². The number of ether oxygens (including phenoxy) is 1. The summed E-state index contributed by atoms with van der Waals surface area (Å²) in [6.07, 6.45) is 6.27. The lowest BCUT2D eigenvalue weighted by molar-refractivity contribution is -0.126. The lowest BCUT2D eigenvalue weighted by Gasteiger charge is -2.26. The molecule has 2 aromatic carbocycles. The summed E-state index contributed by atoms with van der Waals surface area (Å²) in [5.41, 5.74) is 2.25. The van der Waals surface area contributed by atoms with Gasteiger partial charge in [-0.3, -0.25) is 4.79 Å². The highest BCUT2D eigenvalue weighted by atomic mass is 16.5. The maximum Gasteiger partial charge on any atom is 0.223 e. The molecule has 1 fully saturated rings. The normalized spacial score (nSPS) is 16.0. The molecular weight excluding hydrogens is 322 g/mol. The van der Waals surface area contributed by atoms with Crippen molar-refractivity contribution < 1.29 is 9.53 Å². The molecule has 1 saturated carbocycles. The van der Waals surface area contributed by atoms with Crippen LogP contribution in [0, 0.1) is 11.8 Å². The molecule has 0 unspecified atom stereocenters. The van der Waals surface area contributed by atoms with Crippen molar-refractivity contribution >= 4 is 5.91 Å². The summed E-state index contributed by atoms with van der Waals surface area (Å²) in [6.45, 7) is 3.22. The first-order valence-corrected chi connectivity index (χ1v) is 9.76. The Kier molecular flexibility index (Phi) is 6.70. The number of hydrogen-bond donors (Lipinski definition) is 1. The maximum atomic E-state index is 12.4. The third-order valence-electron chi connectivity index (χ3n) is 5.41. The summed E-state index contributed by atoms with van der Waals surface area (Å²) in [4.78, 5) is 12.4. The molecule has 3 heteroatoms. The van der Waals surface area contributed by atoms with Gasteiger partial charge in [0, 0.05) is 12.5 Å². The van der Waals surface area contributed by atoms with E-state index in [-0.39, 0.29) is 11.8 Å². The van der Waals surface area contributed by atoms with Crippen LogP contribution in [0.25, 0.3) is 0 Å². The van der Waals surface area contributed by atoms with E-state index in [4.69, 9.17) is 4.74 Å². The number of rotatable bonds is 7. The van der Waals surface area contributed by atoms with E-state index < -0.39 is 0 Å². The van der Waals surface area contributed by atoms with Crippen LogP contribution in [0.5, 0.6) is 5.75 Å². The highest BCUT2D eigenvalue weighted by Gasteiger charge is 2.25. The van der Waals surface area contributed by atoms with Crippen LogP contribution in [0.3, 0.4) is 0 Å². The molecule has 0 spiro atoms. The SMILES string of the molecule is C[C@@H](C(=O)NCc1ccc(COc2ccccc2)cc1)C1CCCCC1. The molecule has 3 nitrogen and oxygen atoms in total. The summed E-state index contributed by atoms with van der Waals surface area (Å²) in [5, 5.41) is 3.10. The summed E-state index contributed by atoms with van der Waals surface area (Å²) in [7, 11) is 0. The summed E-state index contributed by atoms with van der Waals surface area (Å²) in [5.74, 6) is 1.74. The number of carbonyl (C=O) groups is 1. The van der Waals surface area contributed by atoms with E-state index in [1.807, 2.05) is 30.3 Å². The van der Waals surface area contributed by atoms with Gasteiger partial charge in [-0.25, -0.2) is 0 Å². The van der Waals surface area contributed by atoms with Gasteiger partial charge in [0.15, 0.2) is 0 Å². The minimum Gasteiger partial charge on any atom is -0.489 e. The zero-order valence-corrected chi connectivity index (χ0v) is 15.6. The highest BCUT2D eigenvalue weighted by Crippen LogP contribution is 2.29. The maximum absolute atomic E-state index is 12.4. The van der Waals surface area contributed by atoms with Crippen molar-refractivity contribution in [3.05, 3.63) is 65.7 Å². The van der Waals surface area contributed by atoms with Gasteiger partial charge >= 0.3 is 0 Å². The molecule has 1 aliphatic rings. The minimum atomic E-state index is 0.119. The number of benzene rings is 2. The molecule has 1 aliphatic carbocycles. The van der Waals surface area contributed by atoms with Crippen LogP contribution >= 0.6 is 0 Å². The average molecular weight is 351 g/mol. The van der Waals surface area contributed by atoms with Gasteiger partial charge < -0.3 is 10.1 Å². The molecule has 1 amide bonds. The molecule has 3 rings (SSSR count). The monoisotopic (exact) mass is 351 g/mol. The molecule has 0 radical (unpaired) electrons. The molecule has 1 atom stereocenters. The van der Waals surface area contributed by atoms with E-state index in [9.17, 15) is 4.79 Å². The highest BCUT2D eigenvalue weighted by molar-refractivity contribution is 5.78. The molecule has 0 aliphatic heterocycles. The molecule has 138 valence electrons. The lowest BCUT2D eigenvalue weighted by Crippen LogP contribution is -2.33. The number of nitrogens with one attached hydrogen (secondary N) is 1. The fraction of sp³-hybridized carbons (Fsp3) is 0.435. The lowest BCUT2D eigenvalue weighted by atomic mass is 9.80. The van der Waals surface area contributed by atoms with Gasteiger partial charge in [0.1, 0.15) is 12.4 Å². The van der Waals surface area contributed by atoms with Crippen LogP contribution in [-0.2, 0) is 17.9 Å². The van der Waals surface area contributed by atoms with Crippen molar-refractivity contribution in [3.63, 3.8) is 0 Å². The molecule has 0 heterocycles. The van der Waals surface area contributed by atoms with Crippen molar-refractivity contribution in [2.75, 3.05) is 0 Å². The van der Waals surface area contributed by atoms with Crippen LogP contribution in [0.1, 0.15) is 50.2 Å². The van der Waals surface area contributed by atoms with Gasteiger partial charge in [-0.05, 0) is 42.0 Å². The quantitative estimate of drug-likeness (QED) is 0.754. The van der Waals surface area contributed by atoms with Gasteiger partial charge in [0.05, 0.1) is 0 Å². The summed E-state index contributed by atoms with van der Waals surface area (Å²) >= 11 is 0. The van der Waals surface area contributed by atoms with Crippen LogP contribution in [-0.4, -0.2) is 5.91 Å². The topological polar surface area (TPSA) is 38.3 Å². The first-order chi connectivity index (χ1) is 12.7. The molecule has 1 N–H and O–H groups in total. The first kappa shape index (κ1) is 18.5. The van der Waals surface area contributed by atoms with Crippen LogP contribution in [0.4, 0.5) is 0 Å². The van der Waals surface area contributed by atoms with E-state index >= 15 is 0 Å². The van der Waals surface area contributed by atoms with Crippen molar-refractivity contribution in [1.82, 2.24) is 5.32 Å². The average Bonchev–Trinajstić information content (AvgIpc) is 2.72. The Morgan fingerprint density at radius 1 is 1.00 bits per heavy atom. The van der Waals surface area contributed by atoms with Gasteiger partial charge in [-0.1, -0.05) is 68.7 Å². The van der Waals surface area contributed by atoms with Crippen molar-refractivity contribution in [2.24, 2.45) is 11.8 Å². The van der Waals surface area contributed by atoms with Crippen molar-refractivity contribution in [2.45, 2.75) is 52.2 Å². The Morgan fingerprint density at radius 2 is 1.65 bits per heavy atom. The summed E-state index contributed by atoms with van der Waals surface area (Å²) in [6, 6.07) is 18.1. The predicted molar refractivity (Wildman–Crippen MR) is 105 cm³/mol. The third kappa shape index (κ3) is 5.35. The molecule has 0 aromatic heterocycles. The predicted octanol–water partition coefficient (Wildman–Crippen LogP) is 5.10. The van der Waals surface area contributed by atoms with Crippen LogP contribution < -0.4 is 10.1 Å². The zero-order valence-electron chi connectivity index (χ0n) is 15.6. The number of hydrogen-bond acceptors (Lipinski definition) is 2. The van der Waals surface area contributed by atoms with Crippen molar-refractivity contribution in [1.29, 1.82) is 0 Å². The van der Waals surface area contributed by atoms with E-state index in [0.717, 1.165) is 16.9 Å². The third-order valence-corrected chi connectivity index (χ3v) is 5.41. The second-order valence-electron chi connectivity index (χ2n) is 7.32. The van der Waals surface area contributed by atoms with E-state index in [2.05, 4.69) is 36.5 Å². The van der Waals surface area contributed by atoms with Gasteiger partial charge in [0.2, 0.25) is 5.91 Å². The van der Waals surface area contributed by atoms with Crippen LogP contribution in [0.2, 0.25) is 0 Å². The standard InChI is InChI=1S/C23H29NO2/c1-18(21-8-4-2-5-9-21)23(25)24-16-19-12-14-20(15-13-19)17-26-22-10-6-3-7-11-22/h3,6-7,10-15,18,21H,2,4-5,8-9,16-17H2,1H3,(H,24,25)/t18-/m1/s1. The smallest absolute Gasteiger partial charge is 0.223 e. The number of carbonyl (C=O) groups excluding carboxylic acids is 1. The second kappa shape index (κ2) is 9.42. The summed E-state index contributed by atoms with van der Waals surface area (Å²) < 4.78 is 5.76. The molecular formula is C23H29NO2. The minimum absolute atomic E-state index is 0.119. The van der Waals surface area contributed by atoms with Gasteiger partial charge in [-0.2, -0.15) is 0 Å². The van der Waals surface area contributed by atoms with Crippen molar-refractivity contribution in [3.8, 4) is 5.75 Å². The molecule has 0 saturated heterocycles. The van der Waals surface area contributed by atoms with Gasteiger partial charge in [-0.15, -0.1) is 0 Å². The second-order valence-corrected chi connectivity index (χ2v) is 7.32. The van der Waals surface area contributed by atoms with E-state index in [1.54, 1.807) is 0 Å². The van der Waals surface area contributed by atoms with Crippen LogP contribution in [0.15, 0.2) is 54.6 Å².